The molecular formula is C18H17N5O3. The first kappa shape index (κ1) is 16.1. The van der Waals surface area contributed by atoms with E-state index in [2.05, 4.69) is 20.3 Å². The summed E-state index contributed by atoms with van der Waals surface area (Å²) in [5.74, 6) is 1.66. The van der Waals surface area contributed by atoms with Gasteiger partial charge in [-0.3, -0.25) is 14.3 Å². The van der Waals surface area contributed by atoms with E-state index in [0.717, 1.165) is 17.7 Å². The molecule has 1 aromatic carbocycles. The normalized spacial score (nSPS) is 13.4. The van der Waals surface area contributed by atoms with Crippen molar-refractivity contribution in [2.45, 2.75) is 6.54 Å². The van der Waals surface area contributed by atoms with Crippen LogP contribution in [0.5, 0.6) is 11.5 Å². The van der Waals surface area contributed by atoms with Gasteiger partial charge in [-0.2, -0.15) is 4.99 Å². The van der Waals surface area contributed by atoms with Crippen LogP contribution in [0.25, 0.3) is 10.9 Å². The highest BCUT2D eigenvalue weighted by Crippen LogP contribution is 2.34. The minimum atomic E-state index is -0.382. The van der Waals surface area contributed by atoms with Crippen LogP contribution in [0, 0.1) is 0 Å². The Hall–Kier alpha value is -3.42. The Morgan fingerprint density at radius 2 is 2.08 bits per heavy atom. The monoisotopic (exact) mass is 351 g/mol. The lowest BCUT2D eigenvalue weighted by Gasteiger charge is -2.12. The Labute approximate surface area is 149 Å². The van der Waals surface area contributed by atoms with Gasteiger partial charge in [0.05, 0.1) is 25.3 Å². The van der Waals surface area contributed by atoms with Gasteiger partial charge in [0.2, 0.25) is 5.62 Å². The standard InChI is InChI=1S/C18H17N5O3/c1-25-14-8-12-13(9-15(14)26-2)21-18(23-7-6-20-16(12)23)22-17(24)11-4-3-5-19-10-11/h3-5,8-10,20H,6-7H2,1-2H3. The third kappa shape index (κ3) is 2.65. The number of nitrogens with zero attached hydrogens (tertiary/aromatic N) is 4. The molecule has 0 bridgehead atoms. The SMILES string of the molecule is COc1cc2nc(=NC(=O)c3cccnc3)n3c(c2cc1OC)NCC3. The van der Waals surface area contributed by atoms with E-state index < -0.39 is 0 Å². The van der Waals surface area contributed by atoms with Crippen molar-refractivity contribution in [1.29, 1.82) is 0 Å². The molecule has 1 amide bonds. The number of rotatable bonds is 3. The summed E-state index contributed by atoms with van der Waals surface area (Å²) in [6.07, 6.45) is 3.10. The van der Waals surface area contributed by atoms with Gasteiger partial charge in [-0.1, -0.05) is 0 Å². The Bertz CT molecular complexity index is 1060. The van der Waals surface area contributed by atoms with Crippen LogP contribution >= 0.6 is 0 Å². The molecule has 0 saturated heterocycles. The van der Waals surface area contributed by atoms with Crippen LogP contribution in [0.15, 0.2) is 41.7 Å². The molecule has 0 unspecified atom stereocenters. The molecule has 0 fully saturated rings. The highest BCUT2D eigenvalue weighted by molar-refractivity contribution is 5.95. The summed E-state index contributed by atoms with van der Waals surface area (Å²) in [6.45, 7) is 1.41. The lowest BCUT2D eigenvalue weighted by Crippen LogP contribution is -2.24. The van der Waals surface area contributed by atoms with Gasteiger partial charge >= 0.3 is 0 Å². The molecule has 3 heterocycles. The fraction of sp³-hybridized carbons (Fsp3) is 0.222. The van der Waals surface area contributed by atoms with Gasteiger partial charge < -0.3 is 14.8 Å². The first-order chi connectivity index (χ1) is 12.7. The lowest BCUT2D eigenvalue weighted by atomic mass is 10.2. The van der Waals surface area contributed by atoms with Crippen molar-refractivity contribution in [2.75, 3.05) is 26.1 Å². The molecule has 1 aliphatic heterocycles. The molecule has 26 heavy (non-hydrogen) atoms. The number of hydrogen-bond donors (Lipinski definition) is 1. The summed E-state index contributed by atoms with van der Waals surface area (Å²) in [5.41, 5.74) is 1.43. The highest BCUT2D eigenvalue weighted by atomic mass is 16.5. The second-order valence-electron chi connectivity index (χ2n) is 5.72. The summed E-state index contributed by atoms with van der Waals surface area (Å²) >= 11 is 0. The molecular weight excluding hydrogens is 334 g/mol. The predicted octanol–water partition coefficient (Wildman–Crippen LogP) is 1.62. The lowest BCUT2D eigenvalue weighted by molar-refractivity contribution is 0.0996. The number of carbonyl (C=O) groups excluding carboxylic acids is 1. The molecule has 0 aliphatic carbocycles. The zero-order valence-electron chi connectivity index (χ0n) is 14.4. The number of aromatic nitrogens is 3. The number of carbonyl (C=O) groups is 1. The number of anilines is 1. The molecule has 3 aromatic rings. The zero-order chi connectivity index (χ0) is 18.1. The predicted molar refractivity (Wildman–Crippen MR) is 95.5 cm³/mol. The van der Waals surface area contributed by atoms with Crippen LogP contribution < -0.4 is 20.4 Å². The molecule has 0 spiro atoms. The van der Waals surface area contributed by atoms with Crippen LogP contribution in [-0.4, -0.2) is 41.2 Å². The highest BCUT2D eigenvalue weighted by Gasteiger charge is 2.18. The average molecular weight is 351 g/mol. The van der Waals surface area contributed by atoms with Gasteiger partial charge in [0.15, 0.2) is 11.5 Å². The average Bonchev–Trinajstić information content (AvgIpc) is 3.18. The van der Waals surface area contributed by atoms with E-state index in [4.69, 9.17) is 9.47 Å². The second-order valence-corrected chi connectivity index (χ2v) is 5.72. The number of nitrogens with one attached hydrogen (secondary N) is 1. The van der Waals surface area contributed by atoms with Crippen molar-refractivity contribution in [2.24, 2.45) is 4.99 Å². The number of benzene rings is 1. The van der Waals surface area contributed by atoms with Crippen LogP contribution in [0.3, 0.4) is 0 Å². The van der Waals surface area contributed by atoms with Crippen LogP contribution in [0.4, 0.5) is 5.82 Å². The van der Waals surface area contributed by atoms with E-state index >= 15 is 0 Å². The number of fused-ring (bicyclic) bond motifs is 3. The molecule has 4 rings (SSSR count). The number of amides is 1. The molecule has 8 heteroatoms. The minimum Gasteiger partial charge on any atom is -0.493 e. The van der Waals surface area contributed by atoms with Crippen molar-refractivity contribution in [3.63, 3.8) is 0 Å². The number of methoxy groups -OCH3 is 2. The van der Waals surface area contributed by atoms with Crippen molar-refractivity contribution >= 4 is 22.6 Å². The molecule has 0 saturated carbocycles. The molecule has 0 atom stereocenters. The summed E-state index contributed by atoms with van der Waals surface area (Å²) in [7, 11) is 3.16. The summed E-state index contributed by atoms with van der Waals surface area (Å²) in [4.78, 5) is 25.2. The molecule has 1 aliphatic rings. The topological polar surface area (TPSA) is 90.6 Å². The smallest absolute Gasteiger partial charge is 0.281 e. The first-order valence-corrected chi connectivity index (χ1v) is 8.11. The van der Waals surface area contributed by atoms with Gasteiger partial charge in [-0.25, -0.2) is 4.98 Å². The fourth-order valence-corrected chi connectivity index (χ4v) is 2.98. The van der Waals surface area contributed by atoms with Gasteiger partial charge in [0, 0.05) is 36.9 Å². The van der Waals surface area contributed by atoms with Crippen molar-refractivity contribution in [1.82, 2.24) is 14.5 Å². The van der Waals surface area contributed by atoms with Gasteiger partial charge in [0.25, 0.3) is 5.91 Å². The maximum Gasteiger partial charge on any atom is 0.281 e. The Kier molecular flexibility index (Phi) is 4.00. The van der Waals surface area contributed by atoms with E-state index in [9.17, 15) is 4.79 Å². The maximum atomic E-state index is 12.4. The first-order valence-electron chi connectivity index (χ1n) is 8.11. The zero-order valence-corrected chi connectivity index (χ0v) is 14.4. The third-order valence-corrected chi connectivity index (χ3v) is 4.23. The van der Waals surface area contributed by atoms with Crippen molar-refractivity contribution < 1.29 is 14.3 Å². The van der Waals surface area contributed by atoms with Crippen LogP contribution in [0.2, 0.25) is 0 Å². The van der Waals surface area contributed by atoms with Gasteiger partial charge in [-0.15, -0.1) is 0 Å². The van der Waals surface area contributed by atoms with Gasteiger partial charge in [-0.05, 0) is 18.2 Å². The third-order valence-electron chi connectivity index (χ3n) is 4.23. The summed E-state index contributed by atoms with van der Waals surface area (Å²) < 4.78 is 12.6. The van der Waals surface area contributed by atoms with E-state index in [1.807, 2.05) is 10.6 Å². The largest absolute Gasteiger partial charge is 0.493 e. The Morgan fingerprint density at radius 3 is 2.81 bits per heavy atom. The summed E-state index contributed by atoms with van der Waals surface area (Å²) in [6, 6.07) is 7.03. The fourth-order valence-electron chi connectivity index (χ4n) is 2.98. The van der Waals surface area contributed by atoms with E-state index in [0.29, 0.717) is 34.7 Å². The van der Waals surface area contributed by atoms with Crippen LogP contribution in [-0.2, 0) is 6.54 Å². The number of hydrogen-bond acceptors (Lipinski definition) is 6. The molecule has 0 radical (unpaired) electrons. The van der Waals surface area contributed by atoms with E-state index in [-0.39, 0.29) is 5.91 Å². The number of ether oxygens (including phenoxy) is 2. The Balaban J connectivity index is 1.94. The molecule has 132 valence electrons. The molecule has 1 N–H and O–H groups in total. The second kappa shape index (κ2) is 6.47. The van der Waals surface area contributed by atoms with Gasteiger partial charge in [0.1, 0.15) is 5.82 Å². The summed E-state index contributed by atoms with van der Waals surface area (Å²) in [5, 5.41) is 4.21. The molecule has 8 nitrogen and oxygen atoms in total. The van der Waals surface area contributed by atoms with Crippen molar-refractivity contribution in [3.8, 4) is 11.5 Å². The maximum absolute atomic E-state index is 12.4. The molecule has 2 aromatic heterocycles. The number of pyridine rings is 1. The van der Waals surface area contributed by atoms with E-state index in [1.54, 1.807) is 38.6 Å². The Morgan fingerprint density at radius 1 is 1.27 bits per heavy atom. The minimum absolute atomic E-state index is 0.346. The quantitative estimate of drug-likeness (QED) is 0.771. The van der Waals surface area contributed by atoms with Crippen molar-refractivity contribution in [3.05, 3.63) is 47.8 Å². The van der Waals surface area contributed by atoms with Crippen LogP contribution in [0.1, 0.15) is 10.4 Å². The van der Waals surface area contributed by atoms with E-state index in [1.165, 1.54) is 6.20 Å².